The topological polar surface area (TPSA) is 72.6 Å². The average molecular weight is 353 g/mol. The number of nitrogen functional groups attached to an aromatic ring is 1. The number of methoxy groups -OCH3 is 1. The monoisotopic (exact) mass is 352 g/mol. The molecule has 2 aromatic rings. The molecule has 0 saturated heterocycles. The maximum atomic E-state index is 13.1. The number of hydrogen-bond donors (Lipinski definition) is 1. The molecule has 1 heterocycles. The van der Waals surface area contributed by atoms with Gasteiger partial charge in [0.05, 0.1) is 12.8 Å². The number of nitrogens with two attached hydrogens (primary N) is 1. The molecule has 0 aliphatic carbocycles. The number of sulfonamides is 1. The lowest BCUT2D eigenvalue weighted by Gasteiger charge is -2.31. The van der Waals surface area contributed by atoms with Crippen LogP contribution >= 0.6 is 11.6 Å². The van der Waals surface area contributed by atoms with Crippen molar-refractivity contribution in [2.75, 3.05) is 23.7 Å². The number of rotatable bonds is 3. The van der Waals surface area contributed by atoms with Gasteiger partial charge in [0, 0.05) is 17.3 Å². The van der Waals surface area contributed by atoms with Gasteiger partial charge in [0.2, 0.25) is 0 Å². The Bertz CT molecular complexity index is 852. The summed E-state index contributed by atoms with van der Waals surface area (Å²) in [5, 5.41) is 0.342. The summed E-state index contributed by atoms with van der Waals surface area (Å²) in [5.41, 5.74) is 7.96. The second kappa shape index (κ2) is 5.94. The third-order valence-electron chi connectivity index (χ3n) is 3.88. The SMILES string of the molecule is COc1ccc(Cl)cc1S(=O)(=O)N1CCCc2ccc(N)cc21. The van der Waals surface area contributed by atoms with Crippen molar-refractivity contribution >= 4 is 33.0 Å². The molecule has 0 radical (unpaired) electrons. The van der Waals surface area contributed by atoms with Crippen LogP contribution in [0.5, 0.6) is 5.75 Å². The second-order valence-corrected chi connectivity index (χ2v) is 7.63. The lowest BCUT2D eigenvalue weighted by atomic mass is 10.0. The van der Waals surface area contributed by atoms with E-state index in [1.807, 2.05) is 6.07 Å². The molecule has 0 fully saturated rings. The van der Waals surface area contributed by atoms with Crippen LogP contribution in [0.3, 0.4) is 0 Å². The quantitative estimate of drug-likeness (QED) is 0.861. The van der Waals surface area contributed by atoms with E-state index in [1.54, 1.807) is 24.3 Å². The number of fused-ring (bicyclic) bond motifs is 1. The van der Waals surface area contributed by atoms with Crippen molar-refractivity contribution in [2.45, 2.75) is 17.7 Å². The van der Waals surface area contributed by atoms with Crippen molar-refractivity contribution in [3.8, 4) is 5.75 Å². The van der Waals surface area contributed by atoms with Crippen molar-refractivity contribution in [2.24, 2.45) is 0 Å². The molecule has 0 amide bonds. The highest BCUT2D eigenvalue weighted by Crippen LogP contribution is 2.36. The van der Waals surface area contributed by atoms with E-state index in [2.05, 4.69) is 0 Å². The minimum absolute atomic E-state index is 0.0581. The van der Waals surface area contributed by atoms with Crippen LogP contribution in [0.1, 0.15) is 12.0 Å². The smallest absolute Gasteiger partial charge is 0.268 e. The second-order valence-electron chi connectivity index (χ2n) is 5.36. The molecule has 1 aliphatic heterocycles. The Balaban J connectivity index is 2.16. The van der Waals surface area contributed by atoms with Crippen LogP contribution < -0.4 is 14.8 Å². The zero-order valence-electron chi connectivity index (χ0n) is 12.6. The highest BCUT2D eigenvalue weighted by molar-refractivity contribution is 7.93. The Morgan fingerprint density at radius 2 is 2.00 bits per heavy atom. The molecule has 23 heavy (non-hydrogen) atoms. The van der Waals surface area contributed by atoms with E-state index in [9.17, 15) is 8.42 Å². The molecule has 2 N–H and O–H groups in total. The first kappa shape index (κ1) is 16.0. The number of nitrogens with zero attached hydrogens (tertiary/aromatic N) is 1. The molecule has 5 nitrogen and oxygen atoms in total. The summed E-state index contributed by atoms with van der Waals surface area (Å²) in [6.07, 6.45) is 1.58. The average Bonchev–Trinajstić information content (AvgIpc) is 2.54. The first-order valence-corrected chi connectivity index (χ1v) is 9.00. The van der Waals surface area contributed by atoms with E-state index in [0.717, 1.165) is 18.4 Å². The summed E-state index contributed by atoms with van der Waals surface area (Å²) in [5.74, 6) is 0.269. The van der Waals surface area contributed by atoms with Crippen LogP contribution in [0, 0.1) is 0 Å². The third kappa shape index (κ3) is 2.84. The van der Waals surface area contributed by atoms with Crippen molar-refractivity contribution < 1.29 is 13.2 Å². The Labute approximate surface area is 140 Å². The summed E-state index contributed by atoms with van der Waals surface area (Å²) in [4.78, 5) is 0.0581. The Morgan fingerprint density at radius 3 is 2.74 bits per heavy atom. The lowest BCUT2D eigenvalue weighted by Crippen LogP contribution is -2.35. The molecular weight excluding hydrogens is 336 g/mol. The number of aryl methyl sites for hydroxylation is 1. The first-order chi connectivity index (χ1) is 10.9. The Morgan fingerprint density at radius 1 is 1.22 bits per heavy atom. The molecule has 0 saturated carbocycles. The van der Waals surface area contributed by atoms with Crippen LogP contribution in [0.15, 0.2) is 41.3 Å². The van der Waals surface area contributed by atoms with Gasteiger partial charge < -0.3 is 10.5 Å². The fraction of sp³-hybridized carbons (Fsp3) is 0.250. The van der Waals surface area contributed by atoms with Gasteiger partial charge >= 0.3 is 0 Å². The number of benzene rings is 2. The number of ether oxygens (including phenoxy) is 1. The van der Waals surface area contributed by atoms with Gasteiger partial charge in [-0.3, -0.25) is 4.31 Å². The van der Waals surface area contributed by atoms with Crippen LogP contribution in [0.4, 0.5) is 11.4 Å². The van der Waals surface area contributed by atoms with E-state index in [1.165, 1.54) is 17.5 Å². The summed E-state index contributed by atoms with van der Waals surface area (Å²) in [7, 11) is -2.35. The van der Waals surface area contributed by atoms with Crippen LogP contribution in [0.25, 0.3) is 0 Å². The molecule has 0 bridgehead atoms. The lowest BCUT2D eigenvalue weighted by molar-refractivity contribution is 0.402. The standard InChI is InChI=1S/C16H17ClN2O3S/c1-22-15-7-5-12(17)9-16(15)23(20,21)19-8-2-3-11-4-6-13(18)10-14(11)19/h4-7,9-10H,2-3,8,18H2,1H3. The fourth-order valence-electron chi connectivity index (χ4n) is 2.78. The highest BCUT2D eigenvalue weighted by Gasteiger charge is 2.31. The summed E-state index contributed by atoms with van der Waals surface area (Å²) < 4.78 is 32.9. The first-order valence-electron chi connectivity index (χ1n) is 7.18. The van der Waals surface area contributed by atoms with E-state index >= 15 is 0 Å². The van der Waals surface area contributed by atoms with Gasteiger partial charge in [-0.05, 0) is 48.7 Å². The summed E-state index contributed by atoms with van der Waals surface area (Å²) in [6, 6.07) is 9.93. The third-order valence-corrected chi connectivity index (χ3v) is 5.95. The molecule has 0 aromatic heterocycles. The molecule has 122 valence electrons. The maximum Gasteiger partial charge on any atom is 0.268 e. The van der Waals surface area contributed by atoms with Crippen molar-refractivity contribution in [3.05, 3.63) is 47.0 Å². The largest absolute Gasteiger partial charge is 0.495 e. The number of anilines is 2. The van der Waals surface area contributed by atoms with E-state index in [4.69, 9.17) is 22.1 Å². The zero-order chi connectivity index (χ0) is 16.6. The molecular formula is C16H17ClN2O3S. The van der Waals surface area contributed by atoms with Gasteiger partial charge in [0.15, 0.2) is 0 Å². The van der Waals surface area contributed by atoms with Crippen molar-refractivity contribution in [1.82, 2.24) is 0 Å². The zero-order valence-corrected chi connectivity index (χ0v) is 14.2. The normalized spacial score (nSPS) is 14.4. The van der Waals surface area contributed by atoms with Crippen LogP contribution in [-0.2, 0) is 16.4 Å². The number of hydrogen-bond acceptors (Lipinski definition) is 4. The molecule has 0 unspecified atom stereocenters. The van der Waals surface area contributed by atoms with Gasteiger partial charge in [-0.2, -0.15) is 0 Å². The maximum absolute atomic E-state index is 13.1. The predicted octanol–water partition coefficient (Wildman–Crippen LogP) is 3.07. The summed E-state index contributed by atoms with van der Waals surface area (Å²) >= 11 is 5.99. The molecule has 0 spiro atoms. The van der Waals surface area contributed by atoms with E-state index < -0.39 is 10.0 Å². The van der Waals surface area contributed by atoms with Crippen LogP contribution in [-0.4, -0.2) is 22.1 Å². The molecule has 3 rings (SSSR count). The summed E-state index contributed by atoms with van der Waals surface area (Å²) in [6.45, 7) is 0.397. The van der Waals surface area contributed by atoms with Gasteiger partial charge in [-0.25, -0.2) is 8.42 Å². The number of halogens is 1. The predicted molar refractivity (Wildman–Crippen MR) is 91.7 cm³/mol. The van der Waals surface area contributed by atoms with Crippen LogP contribution in [0.2, 0.25) is 5.02 Å². The Hall–Kier alpha value is -1.92. The molecule has 0 atom stereocenters. The van der Waals surface area contributed by atoms with Gasteiger partial charge in [0.1, 0.15) is 10.6 Å². The minimum Gasteiger partial charge on any atom is -0.495 e. The van der Waals surface area contributed by atoms with Crippen molar-refractivity contribution in [3.63, 3.8) is 0 Å². The fourth-order valence-corrected chi connectivity index (χ4v) is 4.73. The van der Waals surface area contributed by atoms with Gasteiger partial charge in [-0.15, -0.1) is 0 Å². The van der Waals surface area contributed by atoms with Crippen molar-refractivity contribution in [1.29, 1.82) is 0 Å². The minimum atomic E-state index is -3.79. The molecule has 7 heteroatoms. The molecule has 1 aliphatic rings. The highest BCUT2D eigenvalue weighted by atomic mass is 35.5. The van der Waals surface area contributed by atoms with E-state index in [0.29, 0.717) is 22.9 Å². The molecule has 2 aromatic carbocycles. The Kier molecular flexibility index (Phi) is 4.12. The van der Waals surface area contributed by atoms with Gasteiger partial charge in [-0.1, -0.05) is 17.7 Å². The van der Waals surface area contributed by atoms with Gasteiger partial charge in [0.25, 0.3) is 10.0 Å². The van der Waals surface area contributed by atoms with E-state index in [-0.39, 0.29) is 10.6 Å².